The van der Waals surface area contributed by atoms with E-state index < -0.39 is 0 Å². The van der Waals surface area contributed by atoms with Crippen LogP contribution < -0.4 is 0 Å². The van der Waals surface area contributed by atoms with Crippen LogP contribution >= 0.6 is 0 Å². The number of carbonyl (C=O) groups excluding carboxylic acids is 2. The van der Waals surface area contributed by atoms with Crippen molar-refractivity contribution in [1.29, 1.82) is 0 Å². The van der Waals surface area contributed by atoms with Crippen LogP contribution in [0.3, 0.4) is 0 Å². The lowest BCUT2D eigenvalue weighted by molar-refractivity contribution is -0.131. The summed E-state index contributed by atoms with van der Waals surface area (Å²) >= 11 is 0. The highest BCUT2D eigenvalue weighted by Gasteiger charge is 2.31. The molecule has 0 N–H and O–H groups in total. The maximum absolute atomic E-state index is 13.5. The molecule has 0 spiro atoms. The van der Waals surface area contributed by atoms with Crippen LogP contribution in [0.1, 0.15) is 59.8 Å². The molecule has 2 amide bonds. The van der Waals surface area contributed by atoms with Gasteiger partial charge >= 0.3 is 0 Å². The Bertz CT molecular complexity index is 961. The molecule has 3 fully saturated rings. The molecule has 0 bridgehead atoms. The van der Waals surface area contributed by atoms with Crippen LogP contribution in [0.4, 0.5) is 0 Å². The minimum atomic E-state index is 0.0170. The van der Waals surface area contributed by atoms with E-state index in [1.54, 1.807) is 0 Å². The van der Waals surface area contributed by atoms with Gasteiger partial charge in [-0.2, -0.15) is 0 Å². The van der Waals surface area contributed by atoms with E-state index in [4.69, 9.17) is 4.52 Å². The smallest absolute Gasteiger partial charge is 0.259 e. The summed E-state index contributed by atoms with van der Waals surface area (Å²) in [6.45, 7) is 6.96. The number of carbonyl (C=O) groups is 2. The van der Waals surface area contributed by atoms with E-state index in [9.17, 15) is 9.59 Å². The first-order chi connectivity index (χ1) is 14.6. The number of rotatable bonds is 4. The second-order valence-corrected chi connectivity index (χ2v) is 8.83. The summed E-state index contributed by atoms with van der Waals surface area (Å²) in [6, 6.07) is 1.95. The van der Waals surface area contributed by atoms with E-state index in [1.165, 1.54) is 0 Å². The summed E-state index contributed by atoms with van der Waals surface area (Å²) in [5.74, 6) is 0.670. The predicted molar refractivity (Wildman–Crippen MR) is 111 cm³/mol. The van der Waals surface area contributed by atoms with Crippen LogP contribution in [-0.4, -0.2) is 82.5 Å². The van der Waals surface area contributed by atoms with Gasteiger partial charge in [0.05, 0.1) is 23.2 Å². The topological polar surface area (TPSA) is 82.8 Å². The van der Waals surface area contributed by atoms with Crippen molar-refractivity contribution in [3.05, 3.63) is 23.0 Å². The Hall–Kier alpha value is -2.48. The lowest BCUT2D eigenvalue weighted by Crippen LogP contribution is -2.41. The quantitative estimate of drug-likeness (QED) is 0.767. The number of fused-ring (bicyclic) bond motifs is 1. The highest BCUT2D eigenvalue weighted by atomic mass is 16.5. The van der Waals surface area contributed by atoms with Gasteiger partial charge in [-0.25, -0.2) is 4.98 Å². The summed E-state index contributed by atoms with van der Waals surface area (Å²) in [5.41, 5.74) is 2.76. The maximum Gasteiger partial charge on any atom is 0.259 e. The molecule has 0 radical (unpaired) electrons. The third kappa shape index (κ3) is 3.80. The number of hydrogen-bond donors (Lipinski definition) is 0. The van der Waals surface area contributed by atoms with Crippen molar-refractivity contribution in [3.8, 4) is 0 Å². The van der Waals surface area contributed by atoms with Crippen LogP contribution in [-0.2, 0) is 4.79 Å². The van der Waals surface area contributed by atoms with Gasteiger partial charge in [-0.3, -0.25) is 14.5 Å². The zero-order chi connectivity index (χ0) is 20.7. The average molecular weight is 412 g/mol. The van der Waals surface area contributed by atoms with Gasteiger partial charge in [0, 0.05) is 50.9 Å². The molecule has 1 aliphatic carbocycles. The van der Waals surface area contributed by atoms with Crippen LogP contribution in [0.15, 0.2) is 10.6 Å². The van der Waals surface area contributed by atoms with Crippen molar-refractivity contribution >= 4 is 22.9 Å². The summed E-state index contributed by atoms with van der Waals surface area (Å²) in [4.78, 5) is 36.7. The molecular weight excluding hydrogens is 382 g/mol. The fraction of sp³-hybridized carbons (Fsp3) is 0.636. The van der Waals surface area contributed by atoms with Crippen molar-refractivity contribution < 1.29 is 14.1 Å². The molecule has 2 saturated heterocycles. The zero-order valence-electron chi connectivity index (χ0n) is 17.6. The molecule has 8 heteroatoms. The summed E-state index contributed by atoms with van der Waals surface area (Å²) < 4.78 is 5.40. The van der Waals surface area contributed by atoms with Crippen molar-refractivity contribution in [2.75, 3.05) is 45.8 Å². The third-order valence-electron chi connectivity index (χ3n) is 6.56. The molecule has 0 aromatic carbocycles. The van der Waals surface area contributed by atoms with Crippen molar-refractivity contribution in [1.82, 2.24) is 24.8 Å². The summed E-state index contributed by atoms with van der Waals surface area (Å²) in [6.07, 6.45) is 5.32. The van der Waals surface area contributed by atoms with Gasteiger partial charge in [-0.1, -0.05) is 5.16 Å². The van der Waals surface area contributed by atoms with Crippen molar-refractivity contribution in [2.24, 2.45) is 0 Å². The van der Waals surface area contributed by atoms with E-state index in [2.05, 4.69) is 15.0 Å². The number of aryl methyl sites for hydroxylation is 1. The molecule has 3 aliphatic rings. The number of pyridine rings is 1. The Morgan fingerprint density at radius 1 is 1.03 bits per heavy atom. The maximum atomic E-state index is 13.5. The standard InChI is InChI=1S/C22H29N5O3/c1-15-20-17(13-18(16-5-6-16)23-21(20)30-24-15)22(29)27-10-4-7-25(11-12-27)14-19(28)26-8-2-3-9-26/h13,16H,2-12,14H2,1H3. The van der Waals surface area contributed by atoms with Gasteiger partial charge in [0.1, 0.15) is 0 Å². The van der Waals surface area contributed by atoms with Crippen molar-refractivity contribution in [3.63, 3.8) is 0 Å². The molecule has 1 saturated carbocycles. The summed E-state index contributed by atoms with van der Waals surface area (Å²) in [5, 5.41) is 4.78. The molecule has 0 unspecified atom stereocenters. The van der Waals surface area contributed by atoms with E-state index in [0.717, 1.165) is 69.4 Å². The van der Waals surface area contributed by atoms with Gasteiger partial charge in [-0.15, -0.1) is 0 Å². The number of amides is 2. The van der Waals surface area contributed by atoms with Gasteiger partial charge in [0.25, 0.3) is 11.6 Å². The molecule has 0 atom stereocenters. The Balaban J connectivity index is 1.31. The number of aromatic nitrogens is 2. The first-order valence-electron chi connectivity index (χ1n) is 11.2. The van der Waals surface area contributed by atoms with Crippen molar-refractivity contribution in [2.45, 2.75) is 44.9 Å². The monoisotopic (exact) mass is 411 g/mol. The third-order valence-corrected chi connectivity index (χ3v) is 6.56. The second kappa shape index (κ2) is 7.98. The molecule has 5 rings (SSSR count). The highest BCUT2D eigenvalue weighted by molar-refractivity contribution is 6.06. The molecule has 2 aromatic heterocycles. The first-order valence-corrected chi connectivity index (χ1v) is 11.2. The number of hydrogen-bond acceptors (Lipinski definition) is 6. The minimum absolute atomic E-state index is 0.0170. The summed E-state index contributed by atoms with van der Waals surface area (Å²) in [7, 11) is 0. The molecule has 160 valence electrons. The zero-order valence-corrected chi connectivity index (χ0v) is 17.6. The molecular formula is C22H29N5O3. The average Bonchev–Trinajstić information content (AvgIpc) is 3.40. The minimum Gasteiger partial charge on any atom is -0.342 e. The number of likely N-dealkylation sites (tertiary alicyclic amines) is 1. The normalized spacial score (nSPS) is 20.7. The predicted octanol–water partition coefficient (Wildman–Crippen LogP) is 2.18. The highest BCUT2D eigenvalue weighted by Crippen LogP contribution is 2.40. The first kappa shape index (κ1) is 19.5. The Morgan fingerprint density at radius 3 is 2.57 bits per heavy atom. The van der Waals surface area contributed by atoms with Crippen LogP contribution in [0.2, 0.25) is 0 Å². The Kier molecular flexibility index (Phi) is 5.18. The van der Waals surface area contributed by atoms with E-state index in [-0.39, 0.29) is 11.8 Å². The lowest BCUT2D eigenvalue weighted by Gasteiger charge is -2.24. The molecule has 4 heterocycles. The Morgan fingerprint density at radius 2 is 1.80 bits per heavy atom. The lowest BCUT2D eigenvalue weighted by atomic mass is 10.1. The largest absolute Gasteiger partial charge is 0.342 e. The fourth-order valence-corrected chi connectivity index (χ4v) is 4.63. The molecule has 30 heavy (non-hydrogen) atoms. The van der Waals surface area contributed by atoms with Gasteiger partial charge in [0.2, 0.25) is 5.91 Å². The van der Waals surface area contributed by atoms with Crippen LogP contribution in [0.5, 0.6) is 0 Å². The van der Waals surface area contributed by atoms with E-state index >= 15 is 0 Å². The van der Waals surface area contributed by atoms with E-state index in [1.807, 2.05) is 22.8 Å². The van der Waals surface area contributed by atoms with Crippen LogP contribution in [0, 0.1) is 6.92 Å². The van der Waals surface area contributed by atoms with Gasteiger partial charge < -0.3 is 14.3 Å². The van der Waals surface area contributed by atoms with Gasteiger partial charge in [0.15, 0.2) is 0 Å². The molecule has 2 aliphatic heterocycles. The van der Waals surface area contributed by atoms with E-state index in [0.29, 0.717) is 42.5 Å². The fourth-order valence-electron chi connectivity index (χ4n) is 4.63. The van der Waals surface area contributed by atoms with Crippen LogP contribution in [0.25, 0.3) is 11.1 Å². The molecule has 2 aromatic rings. The number of nitrogens with zero attached hydrogens (tertiary/aromatic N) is 5. The SMILES string of the molecule is Cc1noc2nc(C3CC3)cc(C(=O)N3CCCN(CC(=O)N4CCCC4)CC3)c12. The molecule has 8 nitrogen and oxygen atoms in total. The Labute approximate surface area is 176 Å². The second-order valence-electron chi connectivity index (χ2n) is 8.83. The van der Waals surface area contributed by atoms with Gasteiger partial charge in [-0.05, 0) is 45.1 Å².